The van der Waals surface area contributed by atoms with E-state index in [4.69, 9.17) is 11.6 Å². The number of rotatable bonds is 4. The number of carbonyl (C=O) groups is 1. The van der Waals surface area contributed by atoms with E-state index in [0.717, 1.165) is 6.42 Å². The van der Waals surface area contributed by atoms with Crippen LogP contribution in [0.3, 0.4) is 0 Å². The summed E-state index contributed by atoms with van der Waals surface area (Å²) >= 11 is 9.29. The van der Waals surface area contributed by atoms with E-state index in [1.54, 1.807) is 0 Å². The summed E-state index contributed by atoms with van der Waals surface area (Å²) in [7, 11) is 0. The molecule has 0 aliphatic rings. The molecule has 1 rings (SSSR count). The highest BCUT2D eigenvalue weighted by Gasteiger charge is 2.18. The van der Waals surface area contributed by atoms with Crippen LogP contribution in [0.4, 0.5) is 4.39 Å². The van der Waals surface area contributed by atoms with E-state index in [2.05, 4.69) is 42.0 Å². The number of hydrogen-bond donors (Lipinski definition) is 1. The highest BCUT2D eigenvalue weighted by atomic mass is 79.9. The molecular weight excluding hydrogens is 333 g/mol. The van der Waals surface area contributed by atoms with E-state index in [1.807, 2.05) is 0 Å². The second-order valence-electron chi connectivity index (χ2n) is 5.67. The van der Waals surface area contributed by atoms with Crippen LogP contribution in [0.15, 0.2) is 18.2 Å². The fourth-order valence-corrected chi connectivity index (χ4v) is 3.06. The van der Waals surface area contributed by atoms with Crippen molar-refractivity contribution in [2.24, 2.45) is 5.41 Å². The standard InChI is InChI=1S/C14H18BrClFNO/c1-14(2,3)7-9(15)8-18-13(19)10-5-4-6-11(17)12(10)16/h4-6,9H,7-8H2,1-3H3,(H,18,19). The normalized spacial score (nSPS) is 13.2. The maximum absolute atomic E-state index is 13.2. The first-order valence-corrected chi connectivity index (χ1v) is 7.36. The lowest BCUT2D eigenvalue weighted by molar-refractivity contribution is 0.0952. The SMILES string of the molecule is CC(C)(C)CC(Br)CNC(=O)c1cccc(F)c1Cl. The Labute approximate surface area is 126 Å². The molecule has 1 unspecified atom stereocenters. The number of alkyl halides is 1. The molecule has 1 aromatic carbocycles. The number of hydrogen-bond acceptors (Lipinski definition) is 1. The van der Waals surface area contributed by atoms with Crippen molar-refractivity contribution < 1.29 is 9.18 Å². The van der Waals surface area contributed by atoms with Crippen LogP contribution in [0.2, 0.25) is 5.02 Å². The molecule has 1 aromatic rings. The average Bonchev–Trinajstić information content (AvgIpc) is 2.27. The Bertz CT molecular complexity index is 459. The molecule has 1 amide bonds. The maximum Gasteiger partial charge on any atom is 0.252 e. The van der Waals surface area contributed by atoms with Crippen molar-refractivity contribution in [3.8, 4) is 0 Å². The quantitative estimate of drug-likeness (QED) is 0.801. The molecular formula is C14H18BrClFNO. The van der Waals surface area contributed by atoms with Crippen molar-refractivity contribution in [2.45, 2.75) is 32.0 Å². The van der Waals surface area contributed by atoms with Crippen LogP contribution in [0.1, 0.15) is 37.6 Å². The molecule has 0 heterocycles. The van der Waals surface area contributed by atoms with Gasteiger partial charge in [-0.05, 0) is 24.0 Å². The summed E-state index contributed by atoms with van der Waals surface area (Å²) < 4.78 is 13.2. The third-order valence-electron chi connectivity index (χ3n) is 2.51. The summed E-state index contributed by atoms with van der Waals surface area (Å²) in [4.78, 5) is 12.1. The Morgan fingerprint density at radius 3 is 2.68 bits per heavy atom. The van der Waals surface area contributed by atoms with Gasteiger partial charge in [0.05, 0.1) is 10.6 Å². The number of carbonyl (C=O) groups excluding carboxylic acids is 1. The van der Waals surface area contributed by atoms with Crippen molar-refractivity contribution in [2.75, 3.05) is 6.54 Å². The highest BCUT2D eigenvalue weighted by Crippen LogP contribution is 2.24. The molecule has 0 bridgehead atoms. The molecule has 0 fully saturated rings. The first-order valence-electron chi connectivity index (χ1n) is 6.07. The fourth-order valence-electron chi connectivity index (χ4n) is 1.71. The van der Waals surface area contributed by atoms with Crippen molar-refractivity contribution in [3.63, 3.8) is 0 Å². The van der Waals surface area contributed by atoms with Gasteiger partial charge in [0.1, 0.15) is 5.82 Å². The molecule has 2 nitrogen and oxygen atoms in total. The van der Waals surface area contributed by atoms with Gasteiger partial charge in [-0.3, -0.25) is 4.79 Å². The lowest BCUT2D eigenvalue weighted by Gasteiger charge is -2.22. The Hall–Kier alpha value is -0.610. The van der Waals surface area contributed by atoms with Crippen molar-refractivity contribution in [3.05, 3.63) is 34.6 Å². The first kappa shape index (κ1) is 16.4. The minimum absolute atomic E-state index is 0.137. The fraction of sp³-hybridized carbons (Fsp3) is 0.500. The Morgan fingerprint density at radius 2 is 2.11 bits per heavy atom. The van der Waals surface area contributed by atoms with Gasteiger partial charge >= 0.3 is 0 Å². The van der Waals surface area contributed by atoms with E-state index >= 15 is 0 Å². The summed E-state index contributed by atoms with van der Waals surface area (Å²) in [6, 6.07) is 4.21. The second kappa shape index (κ2) is 6.71. The van der Waals surface area contributed by atoms with Gasteiger partial charge in [0.25, 0.3) is 5.91 Å². The van der Waals surface area contributed by atoms with Crippen molar-refractivity contribution in [1.82, 2.24) is 5.32 Å². The monoisotopic (exact) mass is 349 g/mol. The molecule has 5 heteroatoms. The average molecular weight is 351 g/mol. The smallest absolute Gasteiger partial charge is 0.252 e. The van der Waals surface area contributed by atoms with Gasteiger partial charge in [-0.2, -0.15) is 0 Å². The summed E-state index contributed by atoms with van der Waals surface area (Å²) in [5, 5.41) is 2.62. The van der Waals surface area contributed by atoms with Crippen LogP contribution in [0, 0.1) is 11.2 Å². The minimum Gasteiger partial charge on any atom is -0.351 e. The molecule has 0 aromatic heterocycles. The zero-order valence-electron chi connectivity index (χ0n) is 11.3. The first-order chi connectivity index (χ1) is 8.70. The van der Waals surface area contributed by atoms with Gasteiger partial charge in [-0.15, -0.1) is 0 Å². The molecule has 0 spiro atoms. The largest absolute Gasteiger partial charge is 0.351 e. The van der Waals surface area contributed by atoms with Gasteiger partial charge in [0.15, 0.2) is 0 Å². The van der Waals surface area contributed by atoms with E-state index in [0.29, 0.717) is 6.54 Å². The van der Waals surface area contributed by atoms with Gasteiger partial charge in [-0.1, -0.05) is 54.4 Å². The van der Waals surface area contributed by atoms with Crippen molar-refractivity contribution >= 4 is 33.4 Å². The third kappa shape index (κ3) is 5.49. The minimum atomic E-state index is -0.584. The predicted octanol–water partition coefficient (Wildman–Crippen LogP) is 4.41. The van der Waals surface area contributed by atoms with Crippen LogP contribution < -0.4 is 5.32 Å². The number of benzene rings is 1. The molecule has 106 valence electrons. The predicted molar refractivity (Wildman–Crippen MR) is 80.5 cm³/mol. The molecule has 1 atom stereocenters. The highest BCUT2D eigenvalue weighted by molar-refractivity contribution is 9.09. The van der Waals surface area contributed by atoms with Gasteiger partial charge in [0, 0.05) is 11.4 Å². The topological polar surface area (TPSA) is 29.1 Å². The van der Waals surface area contributed by atoms with E-state index in [-0.39, 0.29) is 26.7 Å². The summed E-state index contributed by atoms with van der Waals surface area (Å²) in [6.45, 7) is 6.87. The molecule has 0 aliphatic carbocycles. The summed E-state index contributed by atoms with van der Waals surface area (Å²) in [5.41, 5.74) is 0.340. The zero-order valence-corrected chi connectivity index (χ0v) is 13.6. The van der Waals surface area contributed by atoms with E-state index in [1.165, 1.54) is 18.2 Å². The Kier molecular flexibility index (Phi) is 5.81. The Morgan fingerprint density at radius 1 is 1.47 bits per heavy atom. The zero-order chi connectivity index (χ0) is 14.6. The van der Waals surface area contributed by atoms with Crippen molar-refractivity contribution in [1.29, 1.82) is 0 Å². The lowest BCUT2D eigenvalue weighted by Crippen LogP contribution is -2.31. The van der Waals surface area contributed by atoms with Crippen LogP contribution in [-0.2, 0) is 0 Å². The van der Waals surface area contributed by atoms with Gasteiger partial charge in [-0.25, -0.2) is 4.39 Å². The number of nitrogens with one attached hydrogen (secondary N) is 1. The summed E-state index contributed by atoms with van der Waals surface area (Å²) in [6.07, 6.45) is 0.921. The lowest BCUT2D eigenvalue weighted by atomic mass is 9.90. The van der Waals surface area contributed by atoms with Crippen LogP contribution >= 0.6 is 27.5 Å². The summed E-state index contributed by atoms with van der Waals surface area (Å²) in [5.74, 6) is -0.942. The Balaban J connectivity index is 2.59. The maximum atomic E-state index is 13.2. The van der Waals surface area contributed by atoms with E-state index < -0.39 is 5.82 Å². The molecule has 0 aliphatic heterocycles. The number of halogens is 3. The molecule has 1 N–H and O–H groups in total. The van der Waals surface area contributed by atoms with Crippen LogP contribution in [-0.4, -0.2) is 17.3 Å². The third-order valence-corrected chi connectivity index (χ3v) is 3.55. The van der Waals surface area contributed by atoms with Crippen LogP contribution in [0.25, 0.3) is 0 Å². The molecule has 0 saturated carbocycles. The molecule has 0 saturated heterocycles. The molecule has 19 heavy (non-hydrogen) atoms. The molecule has 0 radical (unpaired) electrons. The van der Waals surface area contributed by atoms with Crippen LogP contribution in [0.5, 0.6) is 0 Å². The van der Waals surface area contributed by atoms with E-state index in [9.17, 15) is 9.18 Å². The van der Waals surface area contributed by atoms with Gasteiger partial charge in [0.2, 0.25) is 0 Å². The number of amides is 1. The van der Waals surface area contributed by atoms with Gasteiger partial charge < -0.3 is 5.32 Å². The second-order valence-corrected chi connectivity index (χ2v) is 7.35.